The molecule has 0 aliphatic rings. The average molecular weight is 492 g/mol. The molecule has 3 aromatic rings. The van der Waals surface area contributed by atoms with Crippen LogP contribution in [0, 0.1) is 11.6 Å². The molecule has 0 saturated carbocycles. The maximum Gasteiger partial charge on any atom is 0.189 e. The molecule has 0 unspecified atom stereocenters. The Labute approximate surface area is 205 Å². The monoisotopic (exact) mass is 492 g/mol. The van der Waals surface area contributed by atoms with Crippen LogP contribution in [-0.4, -0.2) is 34.0 Å². The Morgan fingerprint density at radius 1 is 0.806 bits per heavy atom. The highest BCUT2D eigenvalue weighted by molar-refractivity contribution is 6.31. The van der Waals surface area contributed by atoms with Crippen molar-refractivity contribution in [3.05, 3.63) is 106 Å². The van der Waals surface area contributed by atoms with Crippen molar-refractivity contribution in [1.82, 2.24) is 0 Å². The van der Waals surface area contributed by atoms with Crippen LogP contribution in [0.15, 0.2) is 72.3 Å². The largest absolute Gasteiger partial charge is 0.508 e. The van der Waals surface area contributed by atoms with Gasteiger partial charge < -0.3 is 20.1 Å². The lowest BCUT2D eigenvalue weighted by Crippen LogP contribution is -2.08. The lowest BCUT2D eigenvalue weighted by atomic mass is 10.00. The van der Waals surface area contributed by atoms with Crippen LogP contribution in [0.4, 0.5) is 8.78 Å². The second-order valence-corrected chi connectivity index (χ2v) is 7.60. The van der Waals surface area contributed by atoms with Gasteiger partial charge in [-0.15, -0.1) is 0 Å². The number of carbonyl (C=O) groups is 2. The van der Waals surface area contributed by atoms with Crippen molar-refractivity contribution in [3.63, 3.8) is 0 Å². The summed E-state index contributed by atoms with van der Waals surface area (Å²) in [4.78, 5) is 25.9. The topological polar surface area (TPSA) is 104 Å². The summed E-state index contributed by atoms with van der Waals surface area (Å²) >= 11 is 0. The van der Waals surface area contributed by atoms with E-state index in [1.807, 2.05) is 0 Å². The van der Waals surface area contributed by atoms with Crippen molar-refractivity contribution < 1.29 is 38.4 Å². The van der Waals surface area contributed by atoms with Gasteiger partial charge in [0.25, 0.3) is 0 Å². The van der Waals surface area contributed by atoms with E-state index in [-0.39, 0.29) is 33.9 Å². The fraction of sp³-hybridized carbons (Fsp3) is 0.0714. The average Bonchev–Trinajstić information content (AvgIpc) is 2.87. The number of methoxy groups -OCH3 is 1. The molecule has 0 aliphatic heterocycles. The quantitative estimate of drug-likeness (QED) is 0.225. The zero-order valence-corrected chi connectivity index (χ0v) is 19.1. The summed E-state index contributed by atoms with van der Waals surface area (Å²) in [6, 6.07) is 11.7. The van der Waals surface area contributed by atoms with Crippen molar-refractivity contribution >= 4 is 29.8 Å². The van der Waals surface area contributed by atoms with Crippen LogP contribution < -0.4 is 4.74 Å². The first-order chi connectivity index (χ1) is 17.2. The number of aromatic hydroxyl groups is 2. The molecular formula is C28H22F2O6. The molecule has 3 rings (SSSR count). The molecule has 0 radical (unpaired) electrons. The fourth-order valence-corrected chi connectivity index (χ4v) is 3.19. The van der Waals surface area contributed by atoms with Crippen molar-refractivity contribution in [2.75, 3.05) is 7.11 Å². The van der Waals surface area contributed by atoms with Gasteiger partial charge in [0.15, 0.2) is 34.7 Å². The van der Waals surface area contributed by atoms with Crippen LogP contribution in [0.1, 0.15) is 22.3 Å². The summed E-state index contributed by atoms with van der Waals surface area (Å²) in [5.74, 6) is -3.62. The minimum atomic E-state index is -1.13. The Balaban J connectivity index is 1.95. The predicted octanol–water partition coefficient (Wildman–Crippen LogP) is 4.83. The van der Waals surface area contributed by atoms with Crippen molar-refractivity contribution in [2.45, 2.75) is 6.61 Å². The van der Waals surface area contributed by atoms with E-state index < -0.39 is 29.8 Å². The molecule has 0 heterocycles. The second kappa shape index (κ2) is 11.7. The summed E-state index contributed by atoms with van der Waals surface area (Å²) in [7, 11) is 1.37. The van der Waals surface area contributed by atoms with Crippen molar-refractivity contribution in [3.8, 4) is 17.2 Å². The number of allylic oxidation sites excluding steroid dienone is 3. The van der Waals surface area contributed by atoms with Crippen LogP contribution in [0.2, 0.25) is 0 Å². The lowest BCUT2D eigenvalue weighted by Gasteiger charge is -2.05. The van der Waals surface area contributed by atoms with Gasteiger partial charge in [0, 0.05) is 5.56 Å². The maximum absolute atomic E-state index is 13.7. The van der Waals surface area contributed by atoms with E-state index in [0.717, 1.165) is 30.4 Å². The van der Waals surface area contributed by atoms with Crippen molar-refractivity contribution in [1.29, 1.82) is 0 Å². The summed E-state index contributed by atoms with van der Waals surface area (Å²) in [5, 5.41) is 28.7. The highest BCUT2D eigenvalue weighted by Gasteiger charge is 2.15. The third kappa shape index (κ3) is 6.52. The van der Waals surface area contributed by atoms with Gasteiger partial charge in [-0.3, -0.25) is 9.59 Å². The number of hydrogen-bond acceptors (Lipinski definition) is 6. The first-order valence-electron chi connectivity index (χ1n) is 10.6. The van der Waals surface area contributed by atoms with Crippen molar-refractivity contribution in [2.24, 2.45) is 0 Å². The minimum Gasteiger partial charge on any atom is -0.508 e. The Hall–Kier alpha value is -4.56. The molecule has 3 N–H and O–H groups in total. The lowest BCUT2D eigenvalue weighted by molar-refractivity contribution is -0.116. The van der Waals surface area contributed by atoms with Crippen LogP contribution in [0.3, 0.4) is 0 Å². The third-order valence-corrected chi connectivity index (χ3v) is 5.12. The molecule has 8 heteroatoms. The highest BCUT2D eigenvalue weighted by atomic mass is 19.2. The van der Waals surface area contributed by atoms with E-state index in [1.54, 1.807) is 0 Å². The minimum absolute atomic E-state index is 0.0844. The molecule has 0 fully saturated rings. The summed E-state index contributed by atoms with van der Waals surface area (Å²) in [6.45, 7) is -0.409. The van der Waals surface area contributed by atoms with Crippen LogP contribution in [-0.2, 0) is 16.2 Å². The summed E-state index contributed by atoms with van der Waals surface area (Å²) in [5.41, 5.74) is 1.03. The maximum atomic E-state index is 13.7. The zero-order chi connectivity index (χ0) is 26.2. The summed E-state index contributed by atoms with van der Waals surface area (Å²) in [6.07, 6.45) is 6.20. The van der Waals surface area contributed by atoms with Gasteiger partial charge in [-0.2, -0.15) is 0 Å². The highest BCUT2D eigenvalue weighted by Crippen LogP contribution is 2.27. The SMILES string of the molecule is COc1cc(/C=C/C(=O)/C(=C/c2ccc(F)c(F)c2)C(=O)/C=C/c2ccc(O)c(CO)c2)ccc1O. The molecule has 0 aliphatic carbocycles. The number of aliphatic hydroxyl groups is 1. The van der Waals surface area contributed by atoms with Gasteiger partial charge in [0.1, 0.15) is 5.75 Å². The number of hydrogen-bond donors (Lipinski definition) is 3. The van der Waals surface area contributed by atoms with E-state index in [9.17, 15) is 33.7 Å². The van der Waals surface area contributed by atoms with Gasteiger partial charge in [-0.25, -0.2) is 8.78 Å². The molecule has 0 atom stereocenters. The Kier molecular flexibility index (Phi) is 8.48. The number of ether oxygens (including phenoxy) is 1. The molecule has 36 heavy (non-hydrogen) atoms. The van der Waals surface area contributed by atoms with Gasteiger partial charge >= 0.3 is 0 Å². The van der Waals surface area contributed by atoms with E-state index in [0.29, 0.717) is 11.1 Å². The smallest absolute Gasteiger partial charge is 0.189 e. The molecule has 0 saturated heterocycles. The number of phenolic OH excluding ortho intramolecular Hbond substituents is 1. The molecule has 0 spiro atoms. The number of ketones is 2. The molecule has 0 amide bonds. The van der Waals surface area contributed by atoms with E-state index in [1.165, 1.54) is 61.7 Å². The van der Waals surface area contributed by atoms with Gasteiger partial charge in [0.05, 0.1) is 19.3 Å². The Bertz CT molecular complexity index is 1310. The molecule has 3 aromatic carbocycles. The number of phenols is 2. The van der Waals surface area contributed by atoms with E-state index in [4.69, 9.17) is 4.74 Å². The van der Waals surface area contributed by atoms with E-state index >= 15 is 0 Å². The number of carbonyl (C=O) groups excluding carboxylic acids is 2. The first-order valence-corrected chi connectivity index (χ1v) is 10.6. The number of aliphatic hydroxyl groups excluding tert-OH is 1. The predicted molar refractivity (Wildman–Crippen MR) is 131 cm³/mol. The second-order valence-electron chi connectivity index (χ2n) is 7.60. The first kappa shape index (κ1) is 26.1. The fourth-order valence-electron chi connectivity index (χ4n) is 3.19. The number of rotatable bonds is 9. The Morgan fingerprint density at radius 3 is 1.97 bits per heavy atom. The number of halogens is 2. The number of benzene rings is 3. The van der Waals surface area contributed by atoms with E-state index in [2.05, 4.69) is 0 Å². The van der Waals surface area contributed by atoms with Crippen LogP contribution in [0.25, 0.3) is 18.2 Å². The Morgan fingerprint density at radius 2 is 1.39 bits per heavy atom. The molecule has 0 bridgehead atoms. The summed E-state index contributed by atoms with van der Waals surface area (Å²) < 4.78 is 32.1. The molecular weight excluding hydrogens is 470 g/mol. The van der Waals surface area contributed by atoms with Gasteiger partial charge in [-0.05, 0) is 71.3 Å². The van der Waals surface area contributed by atoms with Gasteiger partial charge in [0.2, 0.25) is 0 Å². The molecule has 184 valence electrons. The zero-order valence-electron chi connectivity index (χ0n) is 19.1. The standard InChI is InChI=1S/C28H22F2O6/c1-36-28-15-18(6-11-27(28)35)5-10-26(34)21(13-19-2-7-22(29)23(30)14-19)25(33)9-4-17-3-8-24(32)20(12-17)16-31/h2-15,31-32,35H,16H2,1H3/b9-4+,10-5+,21-13+. The molecule has 6 nitrogen and oxygen atoms in total. The van der Waals surface area contributed by atoms with Crippen LogP contribution in [0.5, 0.6) is 17.2 Å². The molecule has 0 aromatic heterocycles. The van der Waals surface area contributed by atoms with Gasteiger partial charge in [-0.1, -0.05) is 30.4 Å². The normalized spacial score (nSPS) is 11.8. The van der Waals surface area contributed by atoms with Crippen LogP contribution >= 0.6 is 0 Å². The third-order valence-electron chi connectivity index (χ3n) is 5.12.